The number of fused-ring (bicyclic) bond motifs is 1. The Balaban J connectivity index is 2.40. The molecule has 1 heterocycles. The summed E-state index contributed by atoms with van der Waals surface area (Å²) in [6.45, 7) is 5.58. The Morgan fingerprint density at radius 1 is 1.25 bits per heavy atom. The highest BCUT2D eigenvalue weighted by Crippen LogP contribution is 2.20. The van der Waals surface area contributed by atoms with E-state index < -0.39 is 5.60 Å². The van der Waals surface area contributed by atoms with Crippen LogP contribution in [0.3, 0.4) is 0 Å². The van der Waals surface area contributed by atoms with Gasteiger partial charge in [-0.25, -0.2) is 4.79 Å². The van der Waals surface area contributed by atoms with Crippen LogP contribution in [0.2, 0.25) is 0 Å². The highest BCUT2D eigenvalue weighted by Gasteiger charge is 2.19. The second-order valence-electron chi connectivity index (χ2n) is 4.75. The minimum atomic E-state index is -0.466. The SMILES string of the molecule is CC(C)(C)OC(=O)c1cccc2cc[nH]c12. The molecule has 16 heavy (non-hydrogen) atoms. The number of esters is 1. The molecule has 0 fully saturated rings. The zero-order chi connectivity index (χ0) is 11.8. The van der Waals surface area contributed by atoms with Gasteiger partial charge in [0.25, 0.3) is 0 Å². The van der Waals surface area contributed by atoms with Gasteiger partial charge in [0.05, 0.1) is 11.1 Å². The highest BCUT2D eigenvalue weighted by molar-refractivity contribution is 6.03. The maximum absolute atomic E-state index is 11.9. The lowest BCUT2D eigenvalue weighted by Crippen LogP contribution is -2.24. The number of H-pyrrole nitrogens is 1. The fourth-order valence-corrected chi connectivity index (χ4v) is 1.59. The number of hydrogen-bond acceptors (Lipinski definition) is 2. The molecule has 0 saturated carbocycles. The van der Waals surface area contributed by atoms with Gasteiger partial charge in [0.15, 0.2) is 0 Å². The van der Waals surface area contributed by atoms with E-state index in [0.717, 1.165) is 10.9 Å². The molecule has 84 valence electrons. The minimum Gasteiger partial charge on any atom is -0.456 e. The van der Waals surface area contributed by atoms with Gasteiger partial charge < -0.3 is 9.72 Å². The summed E-state index contributed by atoms with van der Waals surface area (Å²) >= 11 is 0. The van der Waals surface area contributed by atoms with Crippen LogP contribution < -0.4 is 0 Å². The van der Waals surface area contributed by atoms with Crippen LogP contribution in [0.5, 0.6) is 0 Å². The second-order valence-corrected chi connectivity index (χ2v) is 4.75. The van der Waals surface area contributed by atoms with E-state index in [4.69, 9.17) is 4.74 Å². The standard InChI is InChI=1S/C13H15NO2/c1-13(2,3)16-12(15)10-6-4-5-9-7-8-14-11(9)10/h4-8,14H,1-3H3. The molecule has 0 saturated heterocycles. The van der Waals surface area contributed by atoms with Gasteiger partial charge in [-0.1, -0.05) is 12.1 Å². The first kappa shape index (κ1) is 10.7. The molecule has 0 spiro atoms. The first-order valence-electron chi connectivity index (χ1n) is 5.27. The number of rotatable bonds is 1. The molecule has 1 aromatic heterocycles. The molecule has 0 atom stereocenters. The van der Waals surface area contributed by atoms with Gasteiger partial charge >= 0.3 is 5.97 Å². The summed E-state index contributed by atoms with van der Waals surface area (Å²) in [4.78, 5) is 15.0. The molecule has 0 amide bonds. The smallest absolute Gasteiger partial charge is 0.340 e. The molecular weight excluding hydrogens is 202 g/mol. The predicted molar refractivity (Wildman–Crippen MR) is 63.5 cm³/mol. The predicted octanol–water partition coefficient (Wildman–Crippen LogP) is 3.12. The topological polar surface area (TPSA) is 42.1 Å². The minimum absolute atomic E-state index is 0.291. The number of hydrogen-bond donors (Lipinski definition) is 1. The number of carbonyl (C=O) groups is 1. The van der Waals surface area contributed by atoms with Crippen LogP contribution in [-0.4, -0.2) is 16.6 Å². The van der Waals surface area contributed by atoms with E-state index in [1.165, 1.54) is 0 Å². The molecule has 0 radical (unpaired) electrons. The lowest BCUT2D eigenvalue weighted by atomic mass is 10.1. The van der Waals surface area contributed by atoms with Gasteiger partial charge in [-0.2, -0.15) is 0 Å². The van der Waals surface area contributed by atoms with Crippen LogP contribution in [0.4, 0.5) is 0 Å². The van der Waals surface area contributed by atoms with Crippen LogP contribution in [0.15, 0.2) is 30.5 Å². The van der Waals surface area contributed by atoms with E-state index >= 15 is 0 Å². The normalized spacial score (nSPS) is 11.7. The van der Waals surface area contributed by atoms with Crippen molar-refractivity contribution in [1.82, 2.24) is 4.98 Å². The van der Waals surface area contributed by atoms with Crippen molar-refractivity contribution in [2.45, 2.75) is 26.4 Å². The summed E-state index contributed by atoms with van der Waals surface area (Å²) in [5.41, 5.74) is 0.945. The van der Waals surface area contributed by atoms with E-state index in [-0.39, 0.29) is 5.97 Å². The van der Waals surface area contributed by atoms with Crippen molar-refractivity contribution in [2.24, 2.45) is 0 Å². The number of aromatic nitrogens is 1. The number of ether oxygens (including phenoxy) is 1. The molecular formula is C13H15NO2. The average molecular weight is 217 g/mol. The van der Waals surface area contributed by atoms with Crippen LogP contribution in [0.1, 0.15) is 31.1 Å². The zero-order valence-corrected chi connectivity index (χ0v) is 9.70. The number of aromatic amines is 1. The number of para-hydroxylation sites is 1. The first-order valence-corrected chi connectivity index (χ1v) is 5.27. The van der Waals surface area contributed by atoms with E-state index in [2.05, 4.69) is 4.98 Å². The van der Waals surface area contributed by atoms with E-state index in [9.17, 15) is 4.79 Å². The third-order valence-electron chi connectivity index (χ3n) is 2.21. The van der Waals surface area contributed by atoms with Gasteiger partial charge in [-0.15, -0.1) is 0 Å². The highest BCUT2D eigenvalue weighted by atomic mass is 16.6. The molecule has 0 aliphatic heterocycles. The Bertz CT molecular complexity index is 520. The molecule has 0 unspecified atom stereocenters. The Morgan fingerprint density at radius 3 is 2.69 bits per heavy atom. The van der Waals surface area contributed by atoms with E-state index in [1.807, 2.05) is 45.2 Å². The Morgan fingerprint density at radius 2 is 2.00 bits per heavy atom. The summed E-state index contributed by atoms with van der Waals surface area (Å²) < 4.78 is 5.34. The monoisotopic (exact) mass is 217 g/mol. The van der Waals surface area contributed by atoms with Crippen LogP contribution >= 0.6 is 0 Å². The molecule has 3 nitrogen and oxygen atoms in total. The number of benzene rings is 1. The van der Waals surface area contributed by atoms with E-state index in [1.54, 1.807) is 6.07 Å². The van der Waals surface area contributed by atoms with E-state index in [0.29, 0.717) is 5.56 Å². The third-order valence-corrected chi connectivity index (χ3v) is 2.21. The summed E-state index contributed by atoms with van der Waals surface area (Å²) in [6, 6.07) is 7.52. The van der Waals surface area contributed by atoms with Crippen molar-refractivity contribution < 1.29 is 9.53 Å². The maximum atomic E-state index is 11.9. The molecule has 2 rings (SSSR count). The van der Waals surface area contributed by atoms with Gasteiger partial charge in [-0.3, -0.25) is 0 Å². The maximum Gasteiger partial charge on any atom is 0.340 e. The van der Waals surface area contributed by atoms with Crippen molar-refractivity contribution in [3.63, 3.8) is 0 Å². The van der Waals surface area contributed by atoms with Crippen LogP contribution in [0, 0.1) is 0 Å². The first-order chi connectivity index (χ1) is 7.47. The zero-order valence-electron chi connectivity index (χ0n) is 9.70. The fraction of sp³-hybridized carbons (Fsp3) is 0.308. The van der Waals surface area contributed by atoms with Crippen LogP contribution in [0.25, 0.3) is 10.9 Å². The van der Waals surface area contributed by atoms with Gasteiger partial charge in [0.1, 0.15) is 5.60 Å². The largest absolute Gasteiger partial charge is 0.456 e. The average Bonchev–Trinajstić information content (AvgIpc) is 2.61. The Labute approximate surface area is 94.4 Å². The summed E-state index contributed by atoms with van der Waals surface area (Å²) in [5, 5.41) is 1.02. The lowest BCUT2D eigenvalue weighted by Gasteiger charge is -2.19. The van der Waals surface area contributed by atoms with Crippen molar-refractivity contribution in [2.75, 3.05) is 0 Å². The van der Waals surface area contributed by atoms with Gasteiger partial charge in [-0.05, 0) is 32.9 Å². The van der Waals surface area contributed by atoms with Gasteiger partial charge in [0, 0.05) is 11.6 Å². The molecule has 3 heteroatoms. The number of nitrogens with one attached hydrogen (secondary N) is 1. The lowest BCUT2D eigenvalue weighted by molar-refractivity contribution is 0.00717. The number of carbonyl (C=O) groups excluding carboxylic acids is 1. The van der Waals surface area contributed by atoms with Gasteiger partial charge in [0.2, 0.25) is 0 Å². The molecule has 2 aromatic rings. The summed E-state index contributed by atoms with van der Waals surface area (Å²) in [6.07, 6.45) is 1.82. The molecule has 0 aliphatic rings. The molecule has 0 bridgehead atoms. The Hall–Kier alpha value is -1.77. The summed E-state index contributed by atoms with van der Waals surface area (Å²) in [5.74, 6) is -0.291. The molecule has 0 aliphatic carbocycles. The third kappa shape index (κ3) is 2.08. The second kappa shape index (κ2) is 3.67. The van der Waals surface area contributed by atoms with Crippen molar-refractivity contribution in [3.8, 4) is 0 Å². The van der Waals surface area contributed by atoms with Crippen molar-refractivity contribution >= 4 is 16.9 Å². The molecule has 1 aromatic carbocycles. The van der Waals surface area contributed by atoms with Crippen molar-refractivity contribution in [1.29, 1.82) is 0 Å². The van der Waals surface area contributed by atoms with Crippen molar-refractivity contribution in [3.05, 3.63) is 36.0 Å². The van der Waals surface area contributed by atoms with Crippen LogP contribution in [-0.2, 0) is 4.74 Å². The Kier molecular flexibility index (Phi) is 2.46. The fourth-order valence-electron chi connectivity index (χ4n) is 1.59. The summed E-state index contributed by atoms with van der Waals surface area (Å²) in [7, 11) is 0. The molecule has 1 N–H and O–H groups in total. The quantitative estimate of drug-likeness (QED) is 0.746.